The Morgan fingerprint density at radius 3 is 2.41 bits per heavy atom. The number of rotatable bonds is 2. The minimum atomic E-state index is 0.596. The largest absolute Gasteiger partial charge is 0.497 e. The van der Waals surface area contributed by atoms with Crippen molar-refractivity contribution >= 4 is 0 Å². The van der Waals surface area contributed by atoms with Crippen molar-refractivity contribution in [3.63, 3.8) is 0 Å². The lowest BCUT2D eigenvalue weighted by atomic mass is 9.99. The molecule has 0 aliphatic carbocycles. The third-order valence-corrected chi connectivity index (χ3v) is 3.29. The number of methoxy groups -OCH3 is 1. The third-order valence-electron chi connectivity index (χ3n) is 3.29. The van der Waals surface area contributed by atoms with Crippen LogP contribution in [0.5, 0.6) is 17.2 Å². The monoisotopic (exact) mass is 301 g/mol. The van der Waals surface area contributed by atoms with Crippen LogP contribution in [0.4, 0.5) is 0 Å². The molecule has 0 saturated carbocycles. The van der Waals surface area contributed by atoms with Crippen molar-refractivity contribution in [2.75, 3.05) is 34.4 Å². The SMILES string of the molecule is CNC.COc1ccc(-c2cccc3c2OCCO3)c(C)c1. The second kappa shape index (κ2) is 7.71. The van der Waals surface area contributed by atoms with E-state index in [1.54, 1.807) is 7.11 Å². The highest BCUT2D eigenvalue weighted by molar-refractivity contribution is 5.76. The van der Waals surface area contributed by atoms with Crippen molar-refractivity contribution in [2.45, 2.75) is 6.92 Å². The van der Waals surface area contributed by atoms with Gasteiger partial charge in [-0.1, -0.05) is 18.2 Å². The fraction of sp³-hybridized carbons (Fsp3) is 0.333. The molecule has 2 aromatic rings. The molecule has 118 valence electrons. The van der Waals surface area contributed by atoms with Gasteiger partial charge in [0.2, 0.25) is 0 Å². The lowest BCUT2D eigenvalue weighted by Crippen LogP contribution is -2.15. The van der Waals surface area contributed by atoms with E-state index in [-0.39, 0.29) is 0 Å². The van der Waals surface area contributed by atoms with Crippen molar-refractivity contribution in [3.8, 4) is 28.4 Å². The van der Waals surface area contributed by atoms with Gasteiger partial charge in [-0.2, -0.15) is 0 Å². The maximum atomic E-state index is 5.76. The van der Waals surface area contributed by atoms with Gasteiger partial charge >= 0.3 is 0 Å². The first-order chi connectivity index (χ1) is 10.7. The van der Waals surface area contributed by atoms with Crippen LogP contribution in [0.1, 0.15) is 5.56 Å². The molecular formula is C18H23NO3. The van der Waals surface area contributed by atoms with Gasteiger partial charge < -0.3 is 19.5 Å². The first-order valence-electron chi connectivity index (χ1n) is 7.33. The number of hydrogen-bond acceptors (Lipinski definition) is 4. The molecule has 4 nitrogen and oxygen atoms in total. The molecule has 1 aliphatic heterocycles. The lowest BCUT2D eigenvalue weighted by molar-refractivity contribution is 0.172. The van der Waals surface area contributed by atoms with Crippen LogP contribution in [0.25, 0.3) is 11.1 Å². The topological polar surface area (TPSA) is 39.7 Å². The van der Waals surface area contributed by atoms with Gasteiger partial charge in [-0.3, -0.25) is 0 Å². The summed E-state index contributed by atoms with van der Waals surface area (Å²) in [5.74, 6) is 2.52. The molecule has 0 unspecified atom stereocenters. The van der Waals surface area contributed by atoms with E-state index in [4.69, 9.17) is 14.2 Å². The average molecular weight is 301 g/mol. The van der Waals surface area contributed by atoms with Crippen LogP contribution in [0, 0.1) is 6.92 Å². The van der Waals surface area contributed by atoms with Crippen LogP contribution in [-0.4, -0.2) is 34.4 Å². The van der Waals surface area contributed by atoms with E-state index in [9.17, 15) is 0 Å². The number of ether oxygens (including phenoxy) is 3. The Bertz CT molecular complexity index is 626. The Morgan fingerprint density at radius 1 is 1.00 bits per heavy atom. The maximum Gasteiger partial charge on any atom is 0.169 e. The molecular weight excluding hydrogens is 278 g/mol. The van der Waals surface area contributed by atoms with Gasteiger partial charge in [-0.15, -0.1) is 0 Å². The Labute approximate surface area is 132 Å². The second-order valence-electron chi connectivity index (χ2n) is 5.01. The first-order valence-corrected chi connectivity index (χ1v) is 7.33. The zero-order valence-corrected chi connectivity index (χ0v) is 13.6. The number of nitrogens with one attached hydrogen (secondary N) is 1. The molecule has 0 aromatic heterocycles. The minimum absolute atomic E-state index is 0.596. The van der Waals surface area contributed by atoms with Gasteiger partial charge in [0.15, 0.2) is 11.5 Å². The predicted molar refractivity (Wildman–Crippen MR) is 89.1 cm³/mol. The van der Waals surface area contributed by atoms with Gasteiger partial charge in [0.25, 0.3) is 0 Å². The molecule has 1 heterocycles. The third kappa shape index (κ3) is 3.52. The molecule has 22 heavy (non-hydrogen) atoms. The summed E-state index contributed by atoms with van der Waals surface area (Å²) in [4.78, 5) is 0. The zero-order chi connectivity index (χ0) is 15.9. The summed E-state index contributed by atoms with van der Waals surface area (Å²) >= 11 is 0. The highest BCUT2D eigenvalue weighted by Crippen LogP contribution is 2.41. The number of hydrogen-bond donors (Lipinski definition) is 1. The smallest absolute Gasteiger partial charge is 0.169 e. The summed E-state index contributed by atoms with van der Waals surface area (Å²) in [6.07, 6.45) is 0. The Balaban J connectivity index is 0.000000545. The number of aryl methyl sites for hydroxylation is 1. The summed E-state index contributed by atoms with van der Waals surface area (Å²) in [6.45, 7) is 3.28. The summed E-state index contributed by atoms with van der Waals surface area (Å²) in [5.41, 5.74) is 3.36. The molecule has 1 N–H and O–H groups in total. The van der Waals surface area contributed by atoms with Crippen LogP contribution < -0.4 is 19.5 Å². The van der Waals surface area contributed by atoms with Crippen LogP contribution in [0.2, 0.25) is 0 Å². The lowest BCUT2D eigenvalue weighted by Gasteiger charge is -2.21. The van der Waals surface area contributed by atoms with Crippen molar-refractivity contribution in [3.05, 3.63) is 42.0 Å². The van der Waals surface area contributed by atoms with E-state index < -0.39 is 0 Å². The van der Waals surface area contributed by atoms with Gasteiger partial charge in [0.05, 0.1) is 7.11 Å². The number of benzene rings is 2. The normalized spacial score (nSPS) is 12.2. The van der Waals surface area contributed by atoms with Crippen molar-refractivity contribution in [1.29, 1.82) is 0 Å². The number of fused-ring (bicyclic) bond motifs is 1. The van der Waals surface area contributed by atoms with E-state index in [0.717, 1.165) is 33.9 Å². The molecule has 0 saturated heterocycles. The molecule has 0 radical (unpaired) electrons. The highest BCUT2D eigenvalue weighted by Gasteiger charge is 2.17. The summed E-state index contributed by atoms with van der Waals surface area (Å²) in [7, 11) is 5.43. The molecule has 0 atom stereocenters. The van der Waals surface area contributed by atoms with Gasteiger partial charge in [-0.25, -0.2) is 0 Å². The van der Waals surface area contributed by atoms with Crippen LogP contribution >= 0.6 is 0 Å². The minimum Gasteiger partial charge on any atom is -0.497 e. The van der Waals surface area contributed by atoms with Crippen LogP contribution in [0.15, 0.2) is 36.4 Å². The first kappa shape index (κ1) is 16.2. The van der Waals surface area contributed by atoms with Crippen molar-refractivity contribution in [1.82, 2.24) is 5.32 Å². The second-order valence-corrected chi connectivity index (χ2v) is 5.01. The molecule has 0 fully saturated rings. The fourth-order valence-electron chi connectivity index (χ4n) is 2.35. The standard InChI is InChI=1S/C16H16O3.C2H7N/c1-11-10-12(17-2)6-7-13(11)14-4-3-5-15-16(14)19-9-8-18-15;1-3-2/h3-7,10H,8-9H2,1-2H3;3H,1-2H3. The van der Waals surface area contributed by atoms with Gasteiger partial charge in [-0.05, 0) is 50.3 Å². The average Bonchev–Trinajstić information content (AvgIpc) is 2.55. The van der Waals surface area contributed by atoms with Gasteiger partial charge in [0, 0.05) is 5.56 Å². The van der Waals surface area contributed by atoms with E-state index in [1.165, 1.54) is 0 Å². The zero-order valence-electron chi connectivity index (χ0n) is 13.6. The van der Waals surface area contributed by atoms with E-state index >= 15 is 0 Å². The fourth-order valence-corrected chi connectivity index (χ4v) is 2.35. The summed E-state index contributed by atoms with van der Waals surface area (Å²) in [5, 5.41) is 2.75. The predicted octanol–water partition coefficient (Wildman–Crippen LogP) is 3.28. The highest BCUT2D eigenvalue weighted by atomic mass is 16.6. The van der Waals surface area contributed by atoms with E-state index in [2.05, 4.69) is 24.4 Å². The number of para-hydroxylation sites is 1. The molecule has 0 bridgehead atoms. The van der Waals surface area contributed by atoms with Crippen molar-refractivity contribution in [2.24, 2.45) is 0 Å². The Morgan fingerprint density at radius 2 is 1.73 bits per heavy atom. The van der Waals surface area contributed by atoms with Crippen LogP contribution in [-0.2, 0) is 0 Å². The molecule has 4 heteroatoms. The Kier molecular flexibility index (Phi) is 5.67. The van der Waals surface area contributed by atoms with Gasteiger partial charge in [0.1, 0.15) is 19.0 Å². The summed E-state index contributed by atoms with van der Waals surface area (Å²) < 4.78 is 16.6. The molecule has 3 rings (SSSR count). The van der Waals surface area contributed by atoms with Crippen molar-refractivity contribution < 1.29 is 14.2 Å². The molecule has 0 amide bonds. The van der Waals surface area contributed by atoms with E-state index in [1.807, 2.05) is 38.4 Å². The maximum absolute atomic E-state index is 5.76. The molecule has 0 spiro atoms. The van der Waals surface area contributed by atoms with Crippen LogP contribution in [0.3, 0.4) is 0 Å². The summed E-state index contributed by atoms with van der Waals surface area (Å²) in [6, 6.07) is 12.0. The van der Waals surface area contributed by atoms with E-state index in [0.29, 0.717) is 13.2 Å². The molecule has 2 aromatic carbocycles. The molecule has 1 aliphatic rings. The Hall–Kier alpha value is -2.20. The quantitative estimate of drug-likeness (QED) is 0.924.